The maximum absolute atomic E-state index is 11.1. The van der Waals surface area contributed by atoms with E-state index in [4.69, 9.17) is 0 Å². The molecule has 0 aromatic heterocycles. The maximum atomic E-state index is 11.1. The minimum absolute atomic E-state index is 0.0382. The first-order valence-corrected chi connectivity index (χ1v) is 5.46. The molecule has 0 aliphatic heterocycles. The van der Waals surface area contributed by atoms with Crippen LogP contribution < -0.4 is 0 Å². The molecular weight excluding hydrogens is 164 g/mol. The number of hydrogen-bond acceptors (Lipinski definition) is 1. The van der Waals surface area contributed by atoms with Gasteiger partial charge in [0.15, 0.2) is 0 Å². The van der Waals surface area contributed by atoms with Gasteiger partial charge in [-0.3, -0.25) is 4.79 Å². The fraction of sp³-hybridized carbons (Fsp3) is 0.909. The molecule has 2 unspecified atom stereocenters. The summed E-state index contributed by atoms with van der Waals surface area (Å²) in [5, 5.41) is 9.18. The quantitative estimate of drug-likeness (QED) is 0.673. The zero-order valence-electron chi connectivity index (χ0n) is 7.88. The third-order valence-corrected chi connectivity index (χ3v) is 5.00. The normalized spacial score (nSPS) is 52.5. The number of hydrogen-bond donors (Lipinski definition) is 1. The summed E-state index contributed by atoms with van der Waals surface area (Å²) >= 11 is 0. The topological polar surface area (TPSA) is 37.3 Å². The van der Waals surface area contributed by atoms with Crippen LogP contribution in [0.2, 0.25) is 0 Å². The number of carboxylic acids is 1. The molecule has 2 nitrogen and oxygen atoms in total. The van der Waals surface area contributed by atoms with Crippen LogP contribution in [-0.4, -0.2) is 11.1 Å². The lowest BCUT2D eigenvalue weighted by Gasteiger charge is -2.22. The van der Waals surface area contributed by atoms with Crippen molar-refractivity contribution in [3.63, 3.8) is 0 Å². The number of rotatable bonds is 1. The van der Waals surface area contributed by atoms with E-state index in [1.54, 1.807) is 0 Å². The van der Waals surface area contributed by atoms with Crippen molar-refractivity contribution in [1.82, 2.24) is 0 Å². The first-order valence-electron chi connectivity index (χ1n) is 5.46. The number of carbonyl (C=O) groups is 1. The molecule has 3 saturated carbocycles. The third kappa shape index (κ3) is 0.660. The van der Waals surface area contributed by atoms with Crippen LogP contribution in [0.25, 0.3) is 0 Å². The Labute approximate surface area is 78.3 Å². The second-order valence-corrected chi connectivity index (χ2v) is 5.14. The van der Waals surface area contributed by atoms with Gasteiger partial charge in [0.2, 0.25) is 0 Å². The molecule has 13 heavy (non-hydrogen) atoms. The lowest BCUT2D eigenvalue weighted by molar-refractivity contribution is -0.140. The van der Waals surface area contributed by atoms with E-state index in [1.165, 1.54) is 44.9 Å². The van der Waals surface area contributed by atoms with E-state index in [0.29, 0.717) is 0 Å². The van der Waals surface area contributed by atoms with Gasteiger partial charge in [0.1, 0.15) is 0 Å². The third-order valence-electron chi connectivity index (χ3n) is 5.00. The molecule has 3 rings (SSSR count). The van der Waals surface area contributed by atoms with E-state index in [-0.39, 0.29) is 16.7 Å². The highest BCUT2D eigenvalue weighted by Crippen LogP contribution is 2.83. The van der Waals surface area contributed by atoms with Gasteiger partial charge in [0, 0.05) is 0 Å². The van der Waals surface area contributed by atoms with Crippen molar-refractivity contribution < 1.29 is 9.90 Å². The Morgan fingerprint density at radius 1 is 1.00 bits per heavy atom. The standard InChI is InChI=1S/C11H16O2/c12-9(13)8-10-4-1-2-5-11(8,10)7-3-6-10/h8H,1-7H2,(H,12,13). The molecule has 0 bridgehead atoms. The highest BCUT2D eigenvalue weighted by molar-refractivity contribution is 5.78. The zero-order valence-corrected chi connectivity index (χ0v) is 7.88. The van der Waals surface area contributed by atoms with Gasteiger partial charge >= 0.3 is 5.97 Å². The van der Waals surface area contributed by atoms with Crippen molar-refractivity contribution in [3.8, 4) is 0 Å². The van der Waals surface area contributed by atoms with Crippen LogP contribution in [0.15, 0.2) is 0 Å². The summed E-state index contributed by atoms with van der Waals surface area (Å²) in [6.07, 6.45) is 8.61. The van der Waals surface area contributed by atoms with Gasteiger partial charge in [0.05, 0.1) is 5.92 Å². The second-order valence-electron chi connectivity index (χ2n) is 5.14. The van der Waals surface area contributed by atoms with Crippen LogP contribution >= 0.6 is 0 Å². The summed E-state index contributed by atoms with van der Waals surface area (Å²) in [4.78, 5) is 11.1. The molecule has 2 heteroatoms. The molecule has 0 saturated heterocycles. The highest BCUT2D eigenvalue weighted by atomic mass is 16.4. The number of carboxylic acid groups (broad SMARTS) is 1. The summed E-state index contributed by atoms with van der Waals surface area (Å²) in [5.41, 5.74) is 0.550. The molecule has 0 amide bonds. The summed E-state index contributed by atoms with van der Waals surface area (Å²) < 4.78 is 0. The van der Waals surface area contributed by atoms with E-state index < -0.39 is 5.97 Å². The number of aliphatic carboxylic acids is 1. The fourth-order valence-corrected chi connectivity index (χ4v) is 4.63. The first-order chi connectivity index (χ1) is 6.23. The van der Waals surface area contributed by atoms with Crippen LogP contribution in [0.4, 0.5) is 0 Å². The van der Waals surface area contributed by atoms with Gasteiger partial charge in [-0.15, -0.1) is 0 Å². The molecule has 0 radical (unpaired) electrons. The lowest BCUT2D eigenvalue weighted by Crippen LogP contribution is -2.12. The molecule has 0 spiro atoms. The SMILES string of the molecule is O=C(O)C1C23CCCCC12CCC3. The summed E-state index contributed by atoms with van der Waals surface area (Å²) in [6.45, 7) is 0. The molecule has 3 fully saturated rings. The van der Waals surface area contributed by atoms with Crippen molar-refractivity contribution in [2.24, 2.45) is 16.7 Å². The molecule has 72 valence electrons. The van der Waals surface area contributed by atoms with Crippen LogP contribution in [0, 0.1) is 16.7 Å². The Hall–Kier alpha value is -0.530. The Morgan fingerprint density at radius 3 is 1.92 bits per heavy atom. The average Bonchev–Trinajstić information content (AvgIpc) is 2.50. The Balaban J connectivity index is 1.98. The Bertz CT molecular complexity index is 253. The molecule has 3 aliphatic rings. The van der Waals surface area contributed by atoms with Crippen molar-refractivity contribution in [1.29, 1.82) is 0 Å². The van der Waals surface area contributed by atoms with E-state index in [1.807, 2.05) is 0 Å². The van der Waals surface area contributed by atoms with Gasteiger partial charge in [0.25, 0.3) is 0 Å². The average molecular weight is 180 g/mol. The zero-order chi connectivity index (χ0) is 9.10. The van der Waals surface area contributed by atoms with Crippen LogP contribution in [0.3, 0.4) is 0 Å². The largest absolute Gasteiger partial charge is 0.481 e. The Morgan fingerprint density at radius 2 is 1.46 bits per heavy atom. The Kier molecular flexibility index (Phi) is 1.27. The minimum atomic E-state index is -0.512. The monoisotopic (exact) mass is 180 g/mol. The van der Waals surface area contributed by atoms with Gasteiger partial charge < -0.3 is 5.11 Å². The molecule has 0 aromatic carbocycles. The van der Waals surface area contributed by atoms with E-state index in [9.17, 15) is 9.90 Å². The molecule has 0 heterocycles. The first kappa shape index (κ1) is 7.84. The predicted molar refractivity (Wildman–Crippen MR) is 48.3 cm³/mol. The molecule has 2 atom stereocenters. The van der Waals surface area contributed by atoms with Gasteiger partial charge in [-0.2, -0.15) is 0 Å². The summed E-state index contributed by atoms with van der Waals surface area (Å²) in [6, 6.07) is 0. The van der Waals surface area contributed by atoms with Gasteiger partial charge in [-0.05, 0) is 36.5 Å². The smallest absolute Gasteiger partial charge is 0.307 e. The molecule has 0 aromatic rings. The maximum Gasteiger partial charge on any atom is 0.307 e. The van der Waals surface area contributed by atoms with E-state index in [0.717, 1.165) is 0 Å². The van der Waals surface area contributed by atoms with Crippen LogP contribution in [0.1, 0.15) is 44.9 Å². The van der Waals surface area contributed by atoms with Crippen molar-refractivity contribution in [2.75, 3.05) is 0 Å². The van der Waals surface area contributed by atoms with Crippen molar-refractivity contribution in [2.45, 2.75) is 44.9 Å². The second kappa shape index (κ2) is 2.10. The van der Waals surface area contributed by atoms with Crippen molar-refractivity contribution in [3.05, 3.63) is 0 Å². The minimum Gasteiger partial charge on any atom is -0.481 e. The van der Waals surface area contributed by atoms with Crippen LogP contribution in [-0.2, 0) is 4.79 Å². The molecule has 1 N–H and O–H groups in total. The van der Waals surface area contributed by atoms with Gasteiger partial charge in [-0.25, -0.2) is 0 Å². The molecular formula is C11H16O2. The molecule has 3 aliphatic carbocycles. The van der Waals surface area contributed by atoms with E-state index >= 15 is 0 Å². The van der Waals surface area contributed by atoms with Crippen LogP contribution in [0.5, 0.6) is 0 Å². The van der Waals surface area contributed by atoms with Crippen molar-refractivity contribution >= 4 is 5.97 Å². The summed E-state index contributed by atoms with van der Waals surface area (Å²) in [7, 11) is 0. The van der Waals surface area contributed by atoms with E-state index in [2.05, 4.69) is 0 Å². The van der Waals surface area contributed by atoms with Gasteiger partial charge in [-0.1, -0.05) is 19.3 Å². The summed E-state index contributed by atoms with van der Waals surface area (Å²) in [5.74, 6) is -0.474. The highest BCUT2D eigenvalue weighted by Gasteiger charge is 2.80. The predicted octanol–water partition coefficient (Wildman–Crippen LogP) is 2.43. The lowest BCUT2D eigenvalue weighted by atomic mass is 9.82. The fourth-order valence-electron chi connectivity index (χ4n) is 4.63.